The van der Waals surface area contributed by atoms with Gasteiger partial charge in [-0.25, -0.2) is 0 Å². The molecular weight excluding hydrogens is 889 g/mol. The van der Waals surface area contributed by atoms with Crippen LogP contribution in [0.15, 0.2) is 102 Å². The zero-order valence-corrected chi connectivity index (χ0v) is 39.3. The molecule has 0 spiro atoms. The number of hydrogen-bond donors (Lipinski definition) is 0. The maximum atomic E-state index is 6.54. The average molecular weight is 949 g/mol. The summed E-state index contributed by atoms with van der Waals surface area (Å²) in [4.78, 5) is 0. The van der Waals surface area contributed by atoms with Gasteiger partial charge in [0.1, 0.15) is 5.58 Å². The molecule has 7 rings (SSSR count). The Labute approximate surface area is 357 Å². The Morgan fingerprint density at radius 3 is 1.88 bits per heavy atom. The van der Waals surface area contributed by atoms with Crippen molar-refractivity contribution in [3.63, 3.8) is 0 Å². The van der Waals surface area contributed by atoms with E-state index in [2.05, 4.69) is 194 Å². The van der Waals surface area contributed by atoms with E-state index in [1.54, 1.807) is 0 Å². The molecule has 3 heterocycles. The van der Waals surface area contributed by atoms with E-state index in [1.165, 1.54) is 44.1 Å². The van der Waals surface area contributed by atoms with Crippen LogP contribution in [0.5, 0.6) is 0 Å². The van der Waals surface area contributed by atoms with Crippen LogP contribution in [0.25, 0.3) is 55.6 Å². The second-order valence-corrected chi connectivity index (χ2v) is 22.5. The molecule has 57 heavy (non-hydrogen) atoms. The smallest absolute Gasteiger partial charge is 0.136 e. The van der Waals surface area contributed by atoms with Crippen molar-refractivity contribution in [1.29, 1.82) is 0 Å². The third-order valence-electron chi connectivity index (χ3n) is 11.4. The molecular formula is C52H60IrN2OSi-2. The van der Waals surface area contributed by atoms with Gasteiger partial charge in [0.05, 0.1) is 37.4 Å². The van der Waals surface area contributed by atoms with E-state index in [0.717, 1.165) is 55.6 Å². The number of benzene rings is 4. The Morgan fingerprint density at radius 2 is 1.26 bits per heavy atom. The van der Waals surface area contributed by atoms with Crippen molar-refractivity contribution >= 4 is 35.2 Å². The quantitative estimate of drug-likeness (QED) is 0.0886. The largest absolute Gasteiger partial charge is 0.469 e. The molecule has 0 aliphatic carbocycles. The van der Waals surface area contributed by atoms with Gasteiger partial charge in [0.2, 0.25) is 0 Å². The summed E-state index contributed by atoms with van der Waals surface area (Å²) in [5, 5.41) is 3.75. The van der Waals surface area contributed by atoms with Crippen molar-refractivity contribution in [1.82, 2.24) is 0 Å². The first-order chi connectivity index (χ1) is 26.4. The molecule has 1 unspecified atom stereocenters. The second kappa shape index (κ2) is 17.0. The van der Waals surface area contributed by atoms with Crippen LogP contribution in [-0.4, -0.2) is 8.07 Å². The summed E-state index contributed by atoms with van der Waals surface area (Å²) in [6.07, 6.45) is 4.37. The fraction of sp³-hybridized carbons (Fsp3) is 0.269. The van der Waals surface area contributed by atoms with Crippen LogP contribution >= 0.6 is 0 Å². The van der Waals surface area contributed by atoms with E-state index >= 15 is 0 Å². The number of aromatic nitrogens is 2. The zero-order valence-electron chi connectivity index (χ0n) is 35.9. The Balaban J connectivity index is 0.000000223. The molecule has 7 aromatic rings. The molecule has 0 fully saturated rings. The molecule has 0 N–H and O–H groups in total. The molecule has 0 bridgehead atoms. The summed E-state index contributed by atoms with van der Waals surface area (Å²) >= 11 is 0. The minimum Gasteiger partial charge on any atom is -0.469 e. The van der Waals surface area contributed by atoms with E-state index in [4.69, 9.17) is 4.42 Å². The Kier molecular flexibility index (Phi) is 13.0. The molecule has 3 aromatic heterocycles. The van der Waals surface area contributed by atoms with Crippen LogP contribution in [0.3, 0.4) is 0 Å². The predicted octanol–water partition coefficient (Wildman–Crippen LogP) is 12.8. The summed E-state index contributed by atoms with van der Waals surface area (Å²) < 4.78 is 10.5. The van der Waals surface area contributed by atoms with Gasteiger partial charge in [-0.15, -0.1) is 23.3 Å². The summed E-state index contributed by atoms with van der Waals surface area (Å²) in [6.45, 7) is 33.6. The third kappa shape index (κ3) is 8.77. The third-order valence-corrected chi connectivity index (χ3v) is 13.5. The molecule has 0 saturated carbocycles. The molecule has 3 nitrogen and oxygen atoms in total. The predicted molar refractivity (Wildman–Crippen MR) is 242 cm³/mol. The topological polar surface area (TPSA) is 20.9 Å². The SMILES string of the molecule is [CH2-]c1cc(C)ccc1-c1cc(C(C)C(C)C)c([Si](C)(C)C)c[n+]1[CH2-].[CH2-]c1ccc2c(oc3c(C)cc(-c4ccccc4)cc32)c1-c1cc(C(C)C)c(C)c[n+]1[CH2-].[Ir]. The molecule has 0 amide bonds. The summed E-state index contributed by atoms with van der Waals surface area (Å²) in [5.41, 5.74) is 17.0. The molecule has 4 aromatic carbocycles. The number of rotatable bonds is 7. The first-order valence-corrected chi connectivity index (χ1v) is 23.5. The van der Waals surface area contributed by atoms with Gasteiger partial charge in [-0.1, -0.05) is 126 Å². The van der Waals surface area contributed by atoms with Crippen LogP contribution in [0, 0.1) is 54.6 Å². The van der Waals surface area contributed by atoms with Gasteiger partial charge in [0.15, 0.2) is 0 Å². The molecule has 0 aliphatic heterocycles. The van der Waals surface area contributed by atoms with Gasteiger partial charge in [-0.3, -0.25) is 0 Å². The van der Waals surface area contributed by atoms with Crippen LogP contribution in [0.4, 0.5) is 0 Å². The molecule has 299 valence electrons. The van der Waals surface area contributed by atoms with Crippen LogP contribution in [0.1, 0.15) is 85.4 Å². The Bertz CT molecular complexity index is 2560. The van der Waals surface area contributed by atoms with Gasteiger partial charge in [-0.05, 0) is 71.2 Å². The summed E-state index contributed by atoms with van der Waals surface area (Å²) in [6, 6.07) is 30.2. The normalized spacial score (nSPS) is 12.2. The monoisotopic (exact) mass is 949 g/mol. The van der Waals surface area contributed by atoms with Crippen molar-refractivity contribution in [3.8, 4) is 33.6 Å². The number of fused-ring (bicyclic) bond motifs is 3. The standard InChI is InChI=1S/C30H28NO.C22H32NSi.Ir/c1-18(2)25-16-27(31(6)17-21(25)5)28-19(3)12-13-24-26-15-23(22-10-8-7-9-11-22)14-20(4)29(26)32-30(24)28;1-15(2)18(5)20-13-21(19-11-10-16(3)12-17(19)4)23(6)14-22(20)24(7,8)9;/h7-18H,3,6H2,1-2,4-5H3;10-15,18H,4,6H2,1-3,5,7-9H3;/q2*-1;. The van der Waals surface area contributed by atoms with Gasteiger partial charge in [-0.2, -0.15) is 37.1 Å². The summed E-state index contributed by atoms with van der Waals surface area (Å²) in [5.74, 6) is 1.57. The number of furan rings is 1. The Morgan fingerprint density at radius 1 is 0.614 bits per heavy atom. The number of hydrogen-bond acceptors (Lipinski definition) is 1. The van der Waals surface area contributed by atoms with Gasteiger partial charge < -0.3 is 13.6 Å². The average Bonchev–Trinajstić information content (AvgIpc) is 3.51. The van der Waals surface area contributed by atoms with Crippen molar-refractivity contribution in [3.05, 3.63) is 164 Å². The summed E-state index contributed by atoms with van der Waals surface area (Å²) in [7, 11) is 7.13. The molecule has 0 saturated heterocycles. The first kappa shape index (κ1) is 43.4. The number of pyridine rings is 2. The van der Waals surface area contributed by atoms with Gasteiger partial charge in [0.25, 0.3) is 0 Å². The van der Waals surface area contributed by atoms with Crippen LogP contribution in [0.2, 0.25) is 19.6 Å². The van der Waals surface area contributed by atoms with Gasteiger partial charge in [0, 0.05) is 45.0 Å². The minimum atomic E-state index is -1.44. The maximum Gasteiger partial charge on any atom is 0.136 e. The second-order valence-electron chi connectivity index (χ2n) is 17.5. The molecule has 5 heteroatoms. The van der Waals surface area contributed by atoms with Crippen molar-refractivity contribution in [2.45, 2.75) is 86.9 Å². The van der Waals surface area contributed by atoms with E-state index < -0.39 is 8.07 Å². The minimum absolute atomic E-state index is 0. The van der Waals surface area contributed by atoms with E-state index in [0.29, 0.717) is 17.8 Å². The van der Waals surface area contributed by atoms with Crippen molar-refractivity contribution in [2.24, 2.45) is 5.92 Å². The van der Waals surface area contributed by atoms with E-state index in [1.807, 2.05) is 15.2 Å². The molecule has 1 radical (unpaired) electrons. The van der Waals surface area contributed by atoms with Crippen LogP contribution in [-0.2, 0) is 20.1 Å². The van der Waals surface area contributed by atoms with Crippen LogP contribution < -0.4 is 14.3 Å². The fourth-order valence-corrected chi connectivity index (χ4v) is 9.68. The number of aryl methyl sites for hydroxylation is 3. The molecule has 0 aliphatic rings. The number of nitrogens with zero attached hydrogens (tertiary/aromatic N) is 2. The van der Waals surface area contributed by atoms with Crippen molar-refractivity contribution in [2.75, 3.05) is 0 Å². The Hall–Kier alpha value is -4.67. The van der Waals surface area contributed by atoms with Gasteiger partial charge >= 0.3 is 0 Å². The van der Waals surface area contributed by atoms with Crippen molar-refractivity contribution < 1.29 is 33.7 Å². The maximum absolute atomic E-state index is 6.54. The van der Waals surface area contributed by atoms with E-state index in [-0.39, 0.29) is 20.1 Å². The van der Waals surface area contributed by atoms with E-state index in [9.17, 15) is 0 Å². The molecule has 1 atom stereocenters. The zero-order chi connectivity index (χ0) is 40.8. The fourth-order valence-electron chi connectivity index (χ4n) is 7.97. The first-order valence-electron chi connectivity index (χ1n) is 20.0.